The maximum atomic E-state index is 14.3. The first-order valence-corrected chi connectivity index (χ1v) is 11.7. The third kappa shape index (κ3) is 4.68. The van der Waals surface area contributed by atoms with Crippen LogP contribution in [0.5, 0.6) is 5.75 Å². The summed E-state index contributed by atoms with van der Waals surface area (Å²) in [5, 5.41) is 2.45. The van der Waals surface area contributed by atoms with Gasteiger partial charge in [0.15, 0.2) is 5.17 Å². The lowest BCUT2D eigenvalue weighted by molar-refractivity contribution is -0.122. The largest absolute Gasteiger partial charge is 0.496 e. The van der Waals surface area contributed by atoms with Gasteiger partial charge in [0.25, 0.3) is 5.91 Å². The van der Waals surface area contributed by atoms with Crippen molar-refractivity contribution in [3.05, 3.63) is 113 Å². The zero-order valence-corrected chi connectivity index (χ0v) is 19.6. The monoisotopic (exact) mass is 486 g/mol. The zero-order chi connectivity index (χ0) is 24.4. The molecule has 1 amide bonds. The molecule has 1 fully saturated rings. The van der Waals surface area contributed by atoms with E-state index >= 15 is 0 Å². The van der Waals surface area contributed by atoms with Gasteiger partial charge in [-0.1, -0.05) is 54.6 Å². The van der Waals surface area contributed by atoms with Gasteiger partial charge in [-0.25, -0.2) is 13.8 Å². The Morgan fingerprint density at radius 2 is 1.74 bits per heavy atom. The Bertz CT molecular complexity index is 1490. The number of ether oxygens (including phenoxy) is 1. The van der Waals surface area contributed by atoms with Crippen LogP contribution < -0.4 is 4.74 Å². The molecule has 1 heterocycles. The smallest absolute Gasteiger partial charge is 0.267 e. The zero-order valence-electron chi connectivity index (χ0n) is 18.7. The van der Waals surface area contributed by atoms with E-state index in [4.69, 9.17) is 9.73 Å². The summed E-state index contributed by atoms with van der Waals surface area (Å²) in [5.41, 5.74) is 1.66. The number of methoxy groups -OCH3 is 1. The van der Waals surface area contributed by atoms with Gasteiger partial charge in [-0.2, -0.15) is 0 Å². The van der Waals surface area contributed by atoms with E-state index in [9.17, 15) is 13.6 Å². The highest BCUT2D eigenvalue weighted by molar-refractivity contribution is 8.18. The Labute approximate surface area is 205 Å². The summed E-state index contributed by atoms with van der Waals surface area (Å²) in [6, 6.07) is 24.4. The van der Waals surface area contributed by atoms with Gasteiger partial charge in [-0.3, -0.25) is 9.69 Å². The highest BCUT2D eigenvalue weighted by atomic mass is 32.2. The van der Waals surface area contributed by atoms with Crippen LogP contribution in [0.2, 0.25) is 0 Å². The maximum Gasteiger partial charge on any atom is 0.267 e. The standard InChI is InChI=1S/C28H20F2N2O2S/c1-34-25-12-5-3-8-20(25)17-32-27(33)26(15-19-13-14-21(29)16-23(19)30)35-28(32)31-24-11-6-9-18-7-2-4-10-22(18)24/h2-16H,17H2,1H3. The van der Waals surface area contributed by atoms with Crippen LogP contribution in [0.4, 0.5) is 14.5 Å². The van der Waals surface area contributed by atoms with Gasteiger partial charge in [-0.15, -0.1) is 0 Å². The van der Waals surface area contributed by atoms with E-state index in [1.165, 1.54) is 12.1 Å². The summed E-state index contributed by atoms with van der Waals surface area (Å²) in [6.07, 6.45) is 1.43. The molecule has 35 heavy (non-hydrogen) atoms. The molecule has 7 heteroatoms. The van der Waals surface area contributed by atoms with Gasteiger partial charge < -0.3 is 4.74 Å². The molecule has 4 nitrogen and oxygen atoms in total. The van der Waals surface area contributed by atoms with Crippen molar-refractivity contribution in [1.29, 1.82) is 0 Å². The Morgan fingerprint density at radius 3 is 2.57 bits per heavy atom. The normalized spacial score (nSPS) is 16.0. The average molecular weight is 487 g/mol. The number of amides is 1. The summed E-state index contributed by atoms with van der Waals surface area (Å²) >= 11 is 1.16. The number of para-hydroxylation sites is 1. The number of fused-ring (bicyclic) bond motifs is 1. The quantitative estimate of drug-likeness (QED) is 0.287. The minimum absolute atomic E-state index is 0.130. The highest BCUT2D eigenvalue weighted by Gasteiger charge is 2.34. The molecule has 0 bridgehead atoms. The van der Waals surface area contributed by atoms with Gasteiger partial charge in [0.05, 0.1) is 24.2 Å². The van der Waals surface area contributed by atoms with Crippen LogP contribution in [0, 0.1) is 11.6 Å². The van der Waals surface area contributed by atoms with Crippen LogP contribution >= 0.6 is 11.8 Å². The third-order valence-electron chi connectivity index (χ3n) is 5.64. The van der Waals surface area contributed by atoms with Gasteiger partial charge in [0, 0.05) is 22.6 Å². The number of aliphatic imine (C=N–C) groups is 1. The second-order valence-corrected chi connectivity index (χ2v) is 8.88. The molecule has 1 saturated heterocycles. The fourth-order valence-electron chi connectivity index (χ4n) is 3.90. The van der Waals surface area contributed by atoms with Gasteiger partial charge in [0.2, 0.25) is 0 Å². The van der Waals surface area contributed by atoms with Crippen LogP contribution in [0.1, 0.15) is 11.1 Å². The van der Waals surface area contributed by atoms with Crippen LogP contribution in [0.15, 0.2) is 94.8 Å². The highest BCUT2D eigenvalue weighted by Crippen LogP contribution is 2.37. The molecular formula is C28H20F2N2O2S. The van der Waals surface area contributed by atoms with E-state index in [2.05, 4.69) is 0 Å². The lowest BCUT2D eigenvalue weighted by Gasteiger charge is -2.17. The predicted molar refractivity (Wildman–Crippen MR) is 137 cm³/mol. The minimum atomic E-state index is -0.735. The molecule has 0 radical (unpaired) electrons. The Balaban J connectivity index is 1.60. The first-order valence-electron chi connectivity index (χ1n) is 10.9. The van der Waals surface area contributed by atoms with Crippen molar-refractivity contribution in [2.24, 2.45) is 4.99 Å². The molecule has 0 unspecified atom stereocenters. The number of hydrogen-bond donors (Lipinski definition) is 0. The van der Waals surface area contributed by atoms with Crippen molar-refractivity contribution >= 4 is 45.4 Å². The topological polar surface area (TPSA) is 41.9 Å². The van der Waals surface area contributed by atoms with Crippen LogP contribution in [-0.4, -0.2) is 23.1 Å². The lowest BCUT2D eigenvalue weighted by atomic mass is 10.1. The summed E-state index contributed by atoms with van der Waals surface area (Å²) in [6.45, 7) is 0.225. The minimum Gasteiger partial charge on any atom is -0.496 e. The van der Waals surface area contributed by atoms with E-state index in [0.29, 0.717) is 15.8 Å². The fraction of sp³-hybridized carbons (Fsp3) is 0.0714. The van der Waals surface area contributed by atoms with Crippen molar-refractivity contribution in [3.63, 3.8) is 0 Å². The lowest BCUT2D eigenvalue weighted by Crippen LogP contribution is -2.28. The van der Waals surface area contributed by atoms with Gasteiger partial charge in [-0.05, 0) is 47.5 Å². The van der Waals surface area contributed by atoms with Crippen molar-refractivity contribution in [2.75, 3.05) is 7.11 Å². The van der Waals surface area contributed by atoms with Crippen LogP contribution in [-0.2, 0) is 11.3 Å². The summed E-state index contributed by atoms with van der Waals surface area (Å²) < 4.78 is 33.2. The molecule has 0 aliphatic carbocycles. The number of amidine groups is 1. The van der Waals surface area contributed by atoms with E-state index in [1.54, 1.807) is 12.0 Å². The number of hydrogen-bond acceptors (Lipinski definition) is 4. The molecule has 4 aromatic carbocycles. The number of carbonyl (C=O) groups excluding carboxylic acids is 1. The van der Waals surface area contributed by atoms with Crippen molar-refractivity contribution in [2.45, 2.75) is 6.54 Å². The number of thioether (sulfide) groups is 1. The third-order valence-corrected chi connectivity index (χ3v) is 6.65. The average Bonchev–Trinajstić information content (AvgIpc) is 3.15. The van der Waals surface area contributed by atoms with Crippen molar-refractivity contribution < 1.29 is 18.3 Å². The Kier molecular flexibility index (Phi) is 6.33. The molecule has 174 valence electrons. The first kappa shape index (κ1) is 22.8. The van der Waals surface area contributed by atoms with Crippen LogP contribution in [0.3, 0.4) is 0 Å². The Hall–Kier alpha value is -3.97. The number of carbonyl (C=O) groups is 1. The number of rotatable bonds is 5. The molecular weight excluding hydrogens is 466 g/mol. The second kappa shape index (κ2) is 9.72. The van der Waals surface area contributed by atoms with E-state index in [-0.39, 0.29) is 18.0 Å². The molecule has 5 rings (SSSR count). The second-order valence-electron chi connectivity index (χ2n) is 7.87. The van der Waals surface area contributed by atoms with Crippen molar-refractivity contribution in [3.8, 4) is 5.75 Å². The molecule has 1 aliphatic rings. The van der Waals surface area contributed by atoms with E-state index < -0.39 is 11.6 Å². The molecule has 0 spiro atoms. The molecule has 4 aromatic rings. The fourth-order valence-corrected chi connectivity index (χ4v) is 4.89. The van der Waals surface area contributed by atoms with E-state index in [0.717, 1.165) is 45.9 Å². The van der Waals surface area contributed by atoms with Gasteiger partial charge >= 0.3 is 0 Å². The summed E-state index contributed by atoms with van der Waals surface area (Å²) in [5.74, 6) is -1.08. The molecule has 0 atom stereocenters. The van der Waals surface area contributed by atoms with Gasteiger partial charge in [0.1, 0.15) is 17.4 Å². The summed E-state index contributed by atoms with van der Waals surface area (Å²) in [7, 11) is 1.58. The van der Waals surface area contributed by atoms with Crippen molar-refractivity contribution in [1.82, 2.24) is 4.90 Å². The number of benzene rings is 4. The summed E-state index contributed by atoms with van der Waals surface area (Å²) in [4.78, 5) is 20.2. The van der Waals surface area contributed by atoms with E-state index in [1.807, 2.05) is 66.7 Å². The maximum absolute atomic E-state index is 14.3. The first-order chi connectivity index (χ1) is 17.0. The molecule has 0 saturated carbocycles. The number of halogens is 2. The molecule has 0 aromatic heterocycles. The SMILES string of the molecule is COc1ccccc1CN1C(=O)C(=Cc2ccc(F)cc2F)SC1=Nc1cccc2ccccc12. The van der Waals surface area contributed by atoms with Crippen LogP contribution in [0.25, 0.3) is 16.8 Å². The molecule has 1 aliphatic heterocycles. The predicted octanol–water partition coefficient (Wildman–Crippen LogP) is 6.93. The number of nitrogens with zero attached hydrogens (tertiary/aromatic N) is 2. The molecule has 0 N–H and O–H groups in total. The Morgan fingerprint density at radius 1 is 0.971 bits per heavy atom.